The van der Waals surface area contributed by atoms with E-state index in [0.29, 0.717) is 30.3 Å². The lowest BCUT2D eigenvalue weighted by molar-refractivity contribution is 0.0691. The summed E-state index contributed by atoms with van der Waals surface area (Å²) in [5.41, 5.74) is -0.453. The zero-order valence-corrected chi connectivity index (χ0v) is 10.8. The number of benzene rings is 1. The molecule has 1 aromatic carbocycles. The fraction of sp³-hybridized carbons (Fsp3) is 0.417. The van der Waals surface area contributed by atoms with Gasteiger partial charge in [0.05, 0.1) is 16.4 Å². The van der Waals surface area contributed by atoms with Crippen molar-refractivity contribution in [2.45, 2.75) is 18.2 Å². The van der Waals surface area contributed by atoms with Crippen LogP contribution in [-0.2, 0) is 15.5 Å². The lowest BCUT2D eigenvalue weighted by Crippen LogP contribution is -2.06. The standard InChI is InChI=1S/C12H15FO4S/c1-2-17-6-3-7-18(16)9-4-5-11(13)10(8-9)12(14)15/h4-5,8H,2-3,6-7H2,1H3,(H,14,15). The first-order valence-corrected chi connectivity index (χ1v) is 6.87. The van der Waals surface area contributed by atoms with Crippen molar-refractivity contribution in [1.29, 1.82) is 0 Å². The summed E-state index contributed by atoms with van der Waals surface area (Å²) >= 11 is 0. The van der Waals surface area contributed by atoms with Crippen LogP contribution in [0.15, 0.2) is 23.1 Å². The molecule has 0 heterocycles. The molecule has 0 aliphatic heterocycles. The Labute approximate surface area is 107 Å². The van der Waals surface area contributed by atoms with E-state index in [1.165, 1.54) is 6.07 Å². The molecule has 0 bridgehead atoms. The SMILES string of the molecule is CCOCCCS(=O)c1ccc(F)c(C(=O)O)c1. The van der Waals surface area contributed by atoms with E-state index in [1.807, 2.05) is 6.92 Å². The first-order chi connectivity index (χ1) is 8.56. The highest BCUT2D eigenvalue weighted by Crippen LogP contribution is 2.14. The number of carboxylic acid groups (broad SMARTS) is 1. The molecule has 4 nitrogen and oxygen atoms in total. The normalized spacial score (nSPS) is 12.3. The van der Waals surface area contributed by atoms with E-state index < -0.39 is 28.1 Å². The summed E-state index contributed by atoms with van der Waals surface area (Å²) < 4.78 is 30.1. The van der Waals surface area contributed by atoms with Gasteiger partial charge in [-0.05, 0) is 31.5 Å². The van der Waals surface area contributed by atoms with Crippen molar-refractivity contribution in [1.82, 2.24) is 0 Å². The molecule has 0 aliphatic rings. The molecule has 100 valence electrons. The van der Waals surface area contributed by atoms with Crippen LogP contribution in [0.4, 0.5) is 4.39 Å². The van der Waals surface area contributed by atoms with Gasteiger partial charge in [0.25, 0.3) is 0 Å². The van der Waals surface area contributed by atoms with Crippen molar-refractivity contribution in [2.24, 2.45) is 0 Å². The molecule has 1 atom stereocenters. The second-order valence-corrected chi connectivity index (χ2v) is 5.12. The van der Waals surface area contributed by atoms with Gasteiger partial charge in [0.1, 0.15) is 5.82 Å². The molecule has 0 aliphatic carbocycles. The first kappa shape index (κ1) is 14.8. The van der Waals surface area contributed by atoms with Gasteiger partial charge >= 0.3 is 5.97 Å². The number of carboxylic acids is 1. The molecule has 1 N–H and O–H groups in total. The van der Waals surface area contributed by atoms with Crippen molar-refractivity contribution in [2.75, 3.05) is 19.0 Å². The molecule has 0 aromatic heterocycles. The molecule has 0 saturated carbocycles. The van der Waals surface area contributed by atoms with Crippen molar-refractivity contribution in [3.05, 3.63) is 29.6 Å². The first-order valence-electron chi connectivity index (χ1n) is 5.55. The van der Waals surface area contributed by atoms with Crippen LogP contribution in [0.5, 0.6) is 0 Å². The van der Waals surface area contributed by atoms with Gasteiger partial charge in [-0.3, -0.25) is 4.21 Å². The van der Waals surface area contributed by atoms with Gasteiger partial charge in [-0.15, -0.1) is 0 Å². The minimum Gasteiger partial charge on any atom is -0.478 e. The van der Waals surface area contributed by atoms with Crippen LogP contribution in [-0.4, -0.2) is 34.3 Å². The topological polar surface area (TPSA) is 63.6 Å². The summed E-state index contributed by atoms with van der Waals surface area (Å²) in [6.07, 6.45) is 0.611. The Balaban J connectivity index is 2.68. The van der Waals surface area contributed by atoms with E-state index >= 15 is 0 Å². The molecule has 18 heavy (non-hydrogen) atoms. The van der Waals surface area contributed by atoms with Crippen LogP contribution in [0.25, 0.3) is 0 Å². The van der Waals surface area contributed by atoms with Crippen LogP contribution < -0.4 is 0 Å². The largest absolute Gasteiger partial charge is 0.478 e. The maximum Gasteiger partial charge on any atom is 0.338 e. The molecular formula is C12H15FO4S. The molecule has 0 spiro atoms. The summed E-state index contributed by atoms with van der Waals surface area (Å²) in [5.74, 6) is -1.82. The van der Waals surface area contributed by atoms with Crippen molar-refractivity contribution in [3.63, 3.8) is 0 Å². The van der Waals surface area contributed by atoms with E-state index in [1.54, 1.807) is 0 Å². The smallest absolute Gasteiger partial charge is 0.338 e. The summed E-state index contributed by atoms with van der Waals surface area (Å²) in [6.45, 7) is 2.98. The second kappa shape index (κ2) is 7.23. The predicted molar refractivity (Wildman–Crippen MR) is 65.7 cm³/mol. The quantitative estimate of drug-likeness (QED) is 0.773. The summed E-state index contributed by atoms with van der Waals surface area (Å²) in [6, 6.07) is 3.49. The van der Waals surface area contributed by atoms with E-state index in [9.17, 15) is 13.4 Å². The second-order valence-electron chi connectivity index (χ2n) is 3.55. The van der Waals surface area contributed by atoms with Crippen molar-refractivity contribution in [3.8, 4) is 0 Å². The third-order valence-electron chi connectivity index (χ3n) is 2.25. The molecule has 1 unspecified atom stereocenters. The number of ether oxygens (including phenoxy) is 1. The molecule has 0 fully saturated rings. The van der Waals surface area contributed by atoms with E-state index in [-0.39, 0.29) is 0 Å². The lowest BCUT2D eigenvalue weighted by Gasteiger charge is -2.04. The molecule has 6 heteroatoms. The zero-order chi connectivity index (χ0) is 13.5. The number of hydrogen-bond donors (Lipinski definition) is 1. The number of hydrogen-bond acceptors (Lipinski definition) is 3. The Morgan fingerprint density at radius 1 is 1.50 bits per heavy atom. The third kappa shape index (κ3) is 4.19. The van der Waals surface area contributed by atoms with Crippen molar-refractivity contribution >= 4 is 16.8 Å². The van der Waals surface area contributed by atoms with Gasteiger partial charge in [-0.25, -0.2) is 9.18 Å². The molecular weight excluding hydrogens is 259 g/mol. The van der Waals surface area contributed by atoms with Crippen molar-refractivity contribution < 1.29 is 23.2 Å². The molecule has 0 amide bonds. The fourth-order valence-electron chi connectivity index (χ4n) is 1.36. The van der Waals surface area contributed by atoms with Gasteiger partial charge in [-0.1, -0.05) is 0 Å². The van der Waals surface area contributed by atoms with E-state index in [0.717, 1.165) is 12.1 Å². The minimum absolute atomic E-state index is 0.324. The Morgan fingerprint density at radius 3 is 2.83 bits per heavy atom. The molecule has 0 radical (unpaired) electrons. The summed E-state index contributed by atoms with van der Waals surface area (Å²) in [7, 11) is -1.33. The fourth-order valence-corrected chi connectivity index (χ4v) is 2.45. The summed E-state index contributed by atoms with van der Waals surface area (Å²) in [4.78, 5) is 11.1. The summed E-state index contributed by atoms with van der Waals surface area (Å²) in [5, 5.41) is 8.76. The van der Waals surface area contributed by atoms with Gasteiger partial charge in [0.2, 0.25) is 0 Å². The average Bonchev–Trinajstić information content (AvgIpc) is 2.34. The number of halogens is 1. The predicted octanol–water partition coefficient (Wildman–Crippen LogP) is 2.06. The monoisotopic (exact) mass is 274 g/mol. The maximum atomic E-state index is 13.1. The van der Waals surface area contributed by atoms with Crippen LogP contribution in [0, 0.1) is 5.82 Å². The average molecular weight is 274 g/mol. The van der Waals surface area contributed by atoms with Gasteiger partial charge in [0, 0.05) is 23.9 Å². The highest BCUT2D eigenvalue weighted by atomic mass is 32.2. The van der Waals surface area contributed by atoms with E-state index in [2.05, 4.69) is 0 Å². The Kier molecular flexibility index (Phi) is 5.94. The minimum atomic E-state index is -1.36. The number of aromatic carboxylic acids is 1. The van der Waals surface area contributed by atoms with Crippen LogP contribution in [0.3, 0.4) is 0 Å². The van der Waals surface area contributed by atoms with Gasteiger partial charge < -0.3 is 9.84 Å². The maximum absolute atomic E-state index is 13.1. The zero-order valence-electron chi connectivity index (χ0n) is 10.0. The molecule has 1 aromatic rings. The lowest BCUT2D eigenvalue weighted by atomic mass is 10.2. The number of rotatable bonds is 7. The Bertz CT molecular complexity index is 448. The Hall–Kier alpha value is -1.27. The highest BCUT2D eigenvalue weighted by Gasteiger charge is 2.13. The molecule has 0 saturated heterocycles. The van der Waals surface area contributed by atoms with Gasteiger partial charge in [0.15, 0.2) is 0 Å². The van der Waals surface area contributed by atoms with Gasteiger partial charge in [-0.2, -0.15) is 0 Å². The van der Waals surface area contributed by atoms with Crippen LogP contribution in [0.1, 0.15) is 23.7 Å². The third-order valence-corrected chi connectivity index (χ3v) is 3.69. The molecule has 1 rings (SSSR count). The number of carbonyl (C=O) groups is 1. The van der Waals surface area contributed by atoms with E-state index in [4.69, 9.17) is 9.84 Å². The Morgan fingerprint density at radius 2 is 2.22 bits per heavy atom. The van der Waals surface area contributed by atoms with Crippen LogP contribution in [0.2, 0.25) is 0 Å². The van der Waals surface area contributed by atoms with Crippen LogP contribution >= 0.6 is 0 Å². The highest BCUT2D eigenvalue weighted by molar-refractivity contribution is 7.85.